The molecule has 0 saturated carbocycles. The summed E-state index contributed by atoms with van der Waals surface area (Å²) >= 11 is 0. The van der Waals surface area contributed by atoms with Crippen LogP contribution in [0.3, 0.4) is 0 Å². The number of aromatic nitrogens is 5. The van der Waals surface area contributed by atoms with Gasteiger partial charge in [-0.15, -0.1) is 5.10 Å². The van der Waals surface area contributed by atoms with Crippen LogP contribution >= 0.6 is 0 Å². The highest BCUT2D eigenvalue weighted by Gasteiger charge is 2.12. The SMILES string of the molecule is CCCc1nc(C(=O)NCc2nccn2C)n[nH]1. The van der Waals surface area contributed by atoms with Crippen LogP contribution in [0.1, 0.15) is 35.6 Å². The number of amides is 1. The van der Waals surface area contributed by atoms with Crippen molar-refractivity contribution in [3.05, 3.63) is 29.9 Å². The van der Waals surface area contributed by atoms with Gasteiger partial charge >= 0.3 is 0 Å². The van der Waals surface area contributed by atoms with E-state index in [1.54, 1.807) is 6.20 Å². The van der Waals surface area contributed by atoms with Crippen LogP contribution in [-0.2, 0) is 20.0 Å². The van der Waals surface area contributed by atoms with E-state index in [1.807, 2.05) is 24.7 Å². The van der Waals surface area contributed by atoms with Gasteiger partial charge in [-0.05, 0) is 6.42 Å². The van der Waals surface area contributed by atoms with Crippen molar-refractivity contribution in [2.45, 2.75) is 26.3 Å². The van der Waals surface area contributed by atoms with E-state index in [0.29, 0.717) is 6.54 Å². The van der Waals surface area contributed by atoms with Crippen LogP contribution in [0.2, 0.25) is 0 Å². The first-order valence-corrected chi connectivity index (χ1v) is 5.86. The molecular weight excluding hydrogens is 232 g/mol. The lowest BCUT2D eigenvalue weighted by molar-refractivity contribution is 0.0939. The number of carbonyl (C=O) groups is 1. The molecule has 0 radical (unpaired) electrons. The number of hydrogen-bond donors (Lipinski definition) is 2. The molecule has 0 spiro atoms. The van der Waals surface area contributed by atoms with E-state index in [0.717, 1.165) is 24.5 Å². The Morgan fingerprint density at radius 2 is 2.39 bits per heavy atom. The molecule has 96 valence electrons. The van der Waals surface area contributed by atoms with E-state index in [-0.39, 0.29) is 11.7 Å². The topological polar surface area (TPSA) is 88.5 Å². The van der Waals surface area contributed by atoms with Gasteiger partial charge in [-0.2, -0.15) is 0 Å². The number of H-pyrrole nitrogens is 1. The average molecular weight is 248 g/mol. The summed E-state index contributed by atoms with van der Waals surface area (Å²) in [5.41, 5.74) is 0. The number of aromatic amines is 1. The maximum absolute atomic E-state index is 11.8. The van der Waals surface area contributed by atoms with Crippen LogP contribution in [-0.4, -0.2) is 30.6 Å². The van der Waals surface area contributed by atoms with Crippen LogP contribution < -0.4 is 5.32 Å². The van der Waals surface area contributed by atoms with Gasteiger partial charge in [0.15, 0.2) is 0 Å². The molecule has 7 nitrogen and oxygen atoms in total. The Balaban J connectivity index is 1.93. The van der Waals surface area contributed by atoms with Crippen molar-refractivity contribution >= 4 is 5.91 Å². The van der Waals surface area contributed by atoms with Crippen molar-refractivity contribution in [1.82, 2.24) is 30.0 Å². The predicted molar refractivity (Wildman–Crippen MR) is 64.8 cm³/mol. The van der Waals surface area contributed by atoms with E-state index < -0.39 is 0 Å². The highest BCUT2D eigenvalue weighted by molar-refractivity contribution is 5.90. The lowest BCUT2D eigenvalue weighted by Gasteiger charge is -2.02. The maximum Gasteiger partial charge on any atom is 0.291 e. The third kappa shape index (κ3) is 2.73. The third-order valence-corrected chi connectivity index (χ3v) is 2.55. The van der Waals surface area contributed by atoms with Crippen molar-refractivity contribution in [1.29, 1.82) is 0 Å². The van der Waals surface area contributed by atoms with Gasteiger partial charge in [0.05, 0.1) is 6.54 Å². The summed E-state index contributed by atoms with van der Waals surface area (Å²) < 4.78 is 1.85. The molecule has 0 aromatic carbocycles. The van der Waals surface area contributed by atoms with Crippen molar-refractivity contribution < 1.29 is 4.79 Å². The summed E-state index contributed by atoms with van der Waals surface area (Å²) in [5, 5.41) is 9.36. The molecule has 2 rings (SSSR count). The quantitative estimate of drug-likeness (QED) is 0.802. The Labute approximate surface area is 105 Å². The molecule has 0 bridgehead atoms. The van der Waals surface area contributed by atoms with Gasteiger partial charge in [0.25, 0.3) is 5.91 Å². The summed E-state index contributed by atoms with van der Waals surface area (Å²) in [7, 11) is 1.88. The molecule has 0 aliphatic heterocycles. The zero-order valence-corrected chi connectivity index (χ0v) is 10.5. The fraction of sp³-hybridized carbons (Fsp3) is 0.455. The smallest absolute Gasteiger partial charge is 0.291 e. The first kappa shape index (κ1) is 12.3. The fourth-order valence-corrected chi connectivity index (χ4v) is 1.55. The normalized spacial score (nSPS) is 10.6. The van der Waals surface area contributed by atoms with E-state index >= 15 is 0 Å². The Hall–Kier alpha value is -2.18. The maximum atomic E-state index is 11.8. The van der Waals surface area contributed by atoms with Gasteiger partial charge < -0.3 is 9.88 Å². The average Bonchev–Trinajstić information content (AvgIpc) is 2.96. The van der Waals surface area contributed by atoms with Crippen LogP contribution in [0.5, 0.6) is 0 Å². The Morgan fingerprint density at radius 1 is 1.56 bits per heavy atom. The predicted octanol–water partition coefficient (Wildman–Crippen LogP) is 0.421. The molecule has 0 aliphatic rings. The minimum Gasteiger partial charge on any atom is -0.342 e. The van der Waals surface area contributed by atoms with Crippen LogP contribution in [0.25, 0.3) is 0 Å². The summed E-state index contributed by atoms with van der Waals surface area (Å²) in [4.78, 5) is 20.0. The van der Waals surface area contributed by atoms with Crippen molar-refractivity contribution in [2.75, 3.05) is 0 Å². The number of hydrogen-bond acceptors (Lipinski definition) is 4. The monoisotopic (exact) mass is 248 g/mol. The molecule has 2 aromatic heterocycles. The van der Waals surface area contributed by atoms with Gasteiger partial charge in [-0.1, -0.05) is 6.92 Å². The second kappa shape index (κ2) is 5.44. The zero-order chi connectivity index (χ0) is 13.0. The lowest BCUT2D eigenvalue weighted by Crippen LogP contribution is -2.25. The van der Waals surface area contributed by atoms with Crippen molar-refractivity contribution in [3.8, 4) is 0 Å². The first-order valence-electron chi connectivity index (χ1n) is 5.86. The number of imidazole rings is 1. The second-order valence-corrected chi connectivity index (χ2v) is 3.99. The molecule has 2 aromatic rings. The van der Waals surface area contributed by atoms with Crippen LogP contribution in [0.15, 0.2) is 12.4 Å². The van der Waals surface area contributed by atoms with Crippen molar-refractivity contribution in [3.63, 3.8) is 0 Å². The summed E-state index contributed by atoms with van der Waals surface area (Å²) in [5.74, 6) is 1.40. The molecule has 0 aliphatic carbocycles. The van der Waals surface area contributed by atoms with Gasteiger partial charge in [0.1, 0.15) is 11.6 Å². The lowest BCUT2D eigenvalue weighted by atomic mass is 10.3. The molecule has 1 amide bonds. The summed E-state index contributed by atoms with van der Waals surface area (Å²) in [6.45, 7) is 2.41. The van der Waals surface area contributed by atoms with Crippen molar-refractivity contribution in [2.24, 2.45) is 7.05 Å². The number of carbonyl (C=O) groups excluding carboxylic acids is 1. The second-order valence-electron chi connectivity index (χ2n) is 3.99. The van der Waals surface area contributed by atoms with E-state index in [4.69, 9.17) is 0 Å². The highest BCUT2D eigenvalue weighted by atomic mass is 16.2. The highest BCUT2D eigenvalue weighted by Crippen LogP contribution is 1.98. The number of aryl methyl sites for hydroxylation is 2. The molecule has 0 saturated heterocycles. The van der Waals surface area contributed by atoms with Gasteiger partial charge in [-0.25, -0.2) is 9.97 Å². The summed E-state index contributed by atoms with van der Waals surface area (Å²) in [6, 6.07) is 0. The molecule has 0 atom stereocenters. The van der Waals surface area contributed by atoms with Crippen LogP contribution in [0, 0.1) is 0 Å². The Morgan fingerprint density at radius 3 is 3.06 bits per heavy atom. The van der Waals surface area contributed by atoms with Gasteiger partial charge in [0, 0.05) is 25.9 Å². The number of nitrogens with one attached hydrogen (secondary N) is 2. The largest absolute Gasteiger partial charge is 0.342 e. The van der Waals surface area contributed by atoms with E-state index in [2.05, 4.69) is 25.5 Å². The Kier molecular flexibility index (Phi) is 3.71. The number of rotatable bonds is 5. The zero-order valence-electron chi connectivity index (χ0n) is 10.5. The van der Waals surface area contributed by atoms with E-state index in [9.17, 15) is 4.79 Å². The number of nitrogens with zero attached hydrogens (tertiary/aromatic N) is 4. The summed E-state index contributed by atoms with van der Waals surface area (Å²) in [6.07, 6.45) is 5.27. The molecule has 0 fully saturated rings. The molecule has 18 heavy (non-hydrogen) atoms. The molecular formula is C11H16N6O. The fourth-order valence-electron chi connectivity index (χ4n) is 1.55. The minimum atomic E-state index is -0.295. The van der Waals surface area contributed by atoms with Gasteiger partial charge in [0.2, 0.25) is 5.82 Å². The standard InChI is InChI=1S/C11H16N6O/c1-3-4-8-14-10(16-15-8)11(18)13-7-9-12-5-6-17(9)2/h5-6H,3-4,7H2,1-2H3,(H,13,18)(H,14,15,16). The molecule has 2 heterocycles. The molecule has 2 N–H and O–H groups in total. The van der Waals surface area contributed by atoms with E-state index in [1.165, 1.54) is 0 Å². The third-order valence-electron chi connectivity index (χ3n) is 2.55. The molecule has 0 unspecified atom stereocenters. The molecule has 7 heteroatoms. The van der Waals surface area contributed by atoms with Gasteiger partial charge in [-0.3, -0.25) is 9.89 Å². The van der Waals surface area contributed by atoms with Crippen LogP contribution in [0.4, 0.5) is 0 Å². The minimum absolute atomic E-state index is 0.174. The Bertz CT molecular complexity index is 529. The first-order chi connectivity index (χ1) is 8.70.